The topological polar surface area (TPSA) is 111 Å². The van der Waals surface area contributed by atoms with E-state index in [9.17, 15) is 19.2 Å². The first-order chi connectivity index (χ1) is 20.3. The van der Waals surface area contributed by atoms with Gasteiger partial charge in [-0.05, 0) is 43.1 Å². The molecule has 0 spiro atoms. The van der Waals surface area contributed by atoms with Crippen LogP contribution < -0.4 is 20.3 Å². The summed E-state index contributed by atoms with van der Waals surface area (Å²) in [5.41, 5.74) is 2.55. The summed E-state index contributed by atoms with van der Waals surface area (Å²) < 4.78 is 5.97. The molecule has 1 saturated heterocycles. The van der Waals surface area contributed by atoms with E-state index in [1.54, 1.807) is 6.07 Å². The van der Waals surface area contributed by atoms with E-state index in [1.807, 2.05) is 30.3 Å². The minimum absolute atomic E-state index is 0.147. The van der Waals surface area contributed by atoms with Gasteiger partial charge in [0, 0.05) is 69.0 Å². The van der Waals surface area contributed by atoms with Crippen LogP contribution in [0, 0.1) is 0 Å². The number of hydrogen-bond donors (Lipinski definition) is 2. The van der Waals surface area contributed by atoms with Gasteiger partial charge in [-0.2, -0.15) is 0 Å². The van der Waals surface area contributed by atoms with Crippen LogP contribution >= 0.6 is 23.2 Å². The molecule has 0 aromatic heterocycles. The Morgan fingerprint density at radius 1 is 1.00 bits per heavy atom. The second-order valence-electron chi connectivity index (χ2n) is 10.6. The van der Waals surface area contributed by atoms with Crippen molar-refractivity contribution in [1.29, 1.82) is 0 Å². The van der Waals surface area contributed by atoms with Crippen LogP contribution in [-0.4, -0.2) is 85.8 Å². The van der Waals surface area contributed by atoms with Crippen LogP contribution in [0.25, 0.3) is 0 Å². The summed E-state index contributed by atoms with van der Waals surface area (Å²) in [6, 6.07) is 11.3. The van der Waals surface area contributed by atoms with Gasteiger partial charge in [0.05, 0.1) is 22.3 Å². The van der Waals surface area contributed by atoms with Gasteiger partial charge in [-0.15, -0.1) is 0 Å². The molecule has 1 atom stereocenters. The Morgan fingerprint density at radius 2 is 1.76 bits per heavy atom. The third-order valence-corrected chi connectivity index (χ3v) is 8.51. The van der Waals surface area contributed by atoms with E-state index in [-0.39, 0.29) is 31.3 Å². The number of nitrogens with one attached hydrogen (secondary N) is 2. The number of ether oxygens (including phenoxy) is 1. The maximum absolute atomic E-state index is 12.3. The van der Waals surface area contributed by atoms with Crippen LogP contribution in [0.15, 0.2) is 48.6 Å². The highest BCUT2D eigenvalue weighted by atomic mass is 35.5. The highest BCUT2D eigenvalue weighted by Crippen LogP contribution is 2.35. The van der Waals surface area contributed by atoms with Crippen molar-refractivity contribution in [2.24, 2.45) is 0 Å². The highest BCUT2D eigenvalue weighted by Gasteiger charge is 2.28. The Hall–Kier alpha value is -3.60. The Labute approximate surface area is 254 Å². The van der Waals surface area contributed by atoms with Crippen molar-refractivity contribution in [2.75, 3.05) is 62.6 Å². The molecule has 1 fully saturated rings. The quantitative estimate of drug-likeness (QED) is 0.295. The molecule has 4 amide bonds. The molecule has 0 radical (unpaired) electrons. The van der Waals surface area contributed by atoms with Crippen molar-refractivity contribution >= 4 is 58.2 Å². The summed E-state index contributed by atoms with van der Waals surface area (Å²) in [7, 11) is 0. The van der Waals surface area contributed by atoms with Crippen molar-refractivity contribution in [3.63, 3.8) is 0 Å². The van der Waals surface area contributed by atoms with E-state index in [0.717, 1.165) is 73.9 Å². The normalized spacial score (nSPS) is 18.7. The van der Waals surface area contributed by atoms with Gasteiger partial charge in [0.25, 0.3) is 11.8 Å². The summed E-state index contributed by atoms with van der Waals surface area (Å²) >= 11 is 12.6. The molecule has 42 heavy (non-hydrogen) atoms. The number of benzene rings is 2. The molecule has 0 bridgehead atoms. The van der Waals surface area contributed by atoms with Crippen LogP contribution in [0.4, 0.5) is 11.4 Å². The Balaban J connectivity index is 1.03. The number of amides is 4. The fourth-order valence-electron chi connectivity index (χ4n) is 5.41. The van der Waals surface area contributed by atoms with E-state index < -0.39 is 17.7 Å². The lowest BCUT2D eigenvalue weighted by Gasteiger charge is -2.36. The van der Waals surface area contributed by atoms with Gasteiger partial charge in [0.1, 0.15) is 12.3 Å². The second-order valence-corrected chi connectivity index (χ2v) is 11.3. The van der Waals surface area contributed by atoms with Gasteiger partial charge in [-0.25, -0.2) is 0 Å². The highest BCUT2D eigenvalue weighted by molar-refractivity contribution is 6.43. The number of hydrogen-bond acceptors (Lipinski definition) is 7. The number of anilines is 2. The average molecular weight is 615 g/mol. The van der Waals surface area contributed by atoms with Crippen LogP contribution in [-0.2, 0) is 19.2 Å². The first-order valence-electron chi connectivity index (χ1n) is 14.1. The van der Waals surface area contributed by atoms with Gasteiger partial charge >= 0.3 is 0 Å². The summed E-state index contributed by atoms with van der Waals surface area (Å²) in [6.45, 7) is 5.14. The van der Waals surface area contributed by atoms with E-state index in [1.165, 1.54) is 0 Å². The van der Waals surface area contributed by atoms with Gasteiger partial charge in [0.15, 0.2) is 0 Å². The summed E-state index contributed by atoms with van der Waals surface area (Å²) in [5.74, 6) is -1.19. The van der Waals surface area contributed by atoms with Gasteiger partial charge in [0.2, 0.25) is 11.8 Å². The molecule has 10 nitrogen and oxygen atoms in total. The standard InChI is InChI=1S/C30H33Cl2N5O5/c31-23-4-3-5-25(30(23)32)36-13-11-35(12-14-36)10-1-2-15-42-21-6-7-22-20(16-26(38)34-24(22)17-21)18-33-27(39)19-37-28(40)8-9-29(37)41/h3-9,17,20H,1-2,10-16,18-19H2,(H,33,39)(H,34,38). The van der Waals surface area contributed by atoms with Crippen molar-refractivity contribution in [3.8, 4) is 5.75 Å². The monoisotopic (exact) mass is 613 g/mol. The van der Waals surface area contributed by atoms with E-state index in [2.05, 4.69) is 20.4 Å². The Morgan fingerprint density at radius 3 is 2.52 bits per heavy atom. The van der Waals surface area contributed by atoms with E-state index in [0.29, 0.717) is 28.1 Å². The number of carbonyl (C=O) groups excluding carboxylic acids is 4. The molecule has 1 unspecified atom stereocenters. The molecule has 5 rings (SSSR count). The van der Waals surface area contributed by atoms with Crippen LogP contribution in [0.5, 0.6) is 5.75 Å². The largest absolute Gasteiger partial charge is 0.494 e. The molecule has 3 aliphatic rings. The van der Waals surface area contributed by atoms with Crippen molar-refractivity contribution in [2.45, 2.75) is 25.2 Å². The molecule has 222 valence electrons. The molecule has 3 aliphatic heterocycles. The average Bonchev–Trinajstić information content (AvgIpc) is 3.29. The maximum atomic E-state index is 12.3. The van der Waals surface area contributed by atoms with Crippen molar-refractivity contribution in [1.82, 2.24) is 15.1 Å². The number of unbranched alkanes of at least 4 members (excludes halogenated alkanes) is 1. The lowest BCUT2D eigenvalue weighted by atomic mass is 9.90. The molecule has 2 aromatic rings. The van der Waals surface area contributed by atoms with Crippen LogP contribution in [0.1, 0.15) is 30.7 Å². The summed E-state index contributed by atoms with van der Waals surface area (Å²) in [6.07, 6.45) is 4.40. The number of piperazine rings is 1. The first-order valence-corrected chi connectivity index (χ1v) is 14.8. The maximum Gasteiger partial charge on any atom is 0.254 e. The number of rotatable bonds is 11. The van der Waals surface area contributed by atoms with E-state index in [4.69, 9.17) is 27.9 Å². The van der Waals surface area contributed by atoms with Gasteiger partial charge in [-0.1, -0.05) is 35.3 Å². The second kappa shape index (κ2) is 13.6. The minimum Gasteiger partial charge on any atom is -0.494 e. The first kappa shape index (κ1) is 29.9. The van der Waals surface area contributed by atoms with Crippen LogP contribution in [0.2, 0.25) is 10.0 Å². The lowest BCUT2D eigenvalue weighted by Crippen LogP contribution is -2.46. The third kappa shape index (κ3) is 7.24. The zero-order valence-electron chi connectivity index (χ0n) is 23.1. The SMILES string of the molecule is O=C(CN1C(=O)C=CC1=O)NCC1CC(=O)Nc2cc(OCCCCN3CCN(c4cccc(Cl)c4Cl)CC3)ccc21. The van der Waals surface area contributed by atoms with E-state index >= 15 is 0 Å². The smallest absolute Gasteiger partial charge is 0.254 e. The number of halogens is 2. The predicted molar refractivity (Wildman–Crippen MR) is 161 cm³/mol. The van der Waals surface area contributed by atoms with Crippen LogP contribution in [0.3, 0.4) is 0 Å². The Kier molecular flexibility index (Phi) is 9.66. The summed E-state index contributed by atoms with van der Waals surface area (Å²) in [5, 5.41) is 6.82. The molecule has 12 heteroatoms. The van der Waals surface area contributed by atoms with Gasteiger partial charge in [-0.3, -0.25) is 29.0 Å². The molecule has 0 aliphatic carbocycles. The van der Waals surface area contributed by atoms with Crippen molar-refractivity contribution < 1.29 is 23.9 Å². The number of carbonyl (C=O) groups is 4. The molecular weight excluding hydrogens is 581 g/mol. The fourth-order valence-corrected chi connectivity index (χ4v) is 5.82. The zero-order valence-corrected chi connectivity index (χ0v) is 24.6. The number of fused-ring (bicyclic) bond motifs is 1. The number of nitrogens with zero attached hydrogens (tertiary/aromatic N) is 3. The molecule has 2 aromatic carbocycles. The molecule has 3 heterocycles. The predicted octanol–water partition coefficient (Wildman–Crippen LogP) is 3.44. The third-order valence-electron chi connectivity index (χ3n) is 7.70. The molecule has 2 N–H and O–H groups in total. The summed E-state index contributed by atoms with van der Waals surface area (Å²) in [4.78, 5) is 53.6. The van der Waals surface area contributed by atoms with Crippen molar-refractivity contribution in [3.05, 3.63) is 64.2 Å². The number of imide groups is 1. The van der Waals surface area contributed by atoms with Gasteiger partial charge < -0.3 is 20.3 Å². The molecule has 0 saturated carbocycles. The fraction of sp³-hybridized carbons (Fsp3) is 0.400. The Bertz CT molecular complexity index is 1370. The molecular formula is C30H33Cl2N5O5. The zero-order chi connectivity index (χ0) is 29.6. The minimum atomic E-state index is -0.511. The lowest BCUT2D eigenvalue weighted by molar-refractivity contribution is -0.141.